The molecular weight excluding hydrogens is 386 g/mol. The number of pyridine rings is 2. The molecule has 0 spiro atoms. The summed E-state index contributed by atoms with van der Waals surface area (Å²) in [6.07, 6.45) is 8.74. The molecule has 1 aliphatic heterocycles. The van der Waals surface area contributed by atoms with Gasteiger partial charge in [-0.05, 0) is 43.9 Å². The van der Waals surface area contributed by atoms with Crippen molar-refractivity contribution in [2.45, 2.75) is 49.9 Å². The predicted octanol–water partition coefficient (Wildman–Crippen LogP) is 2.19. The summed E-state index contributed by atoms with van der Waals surface area (Å²) >= 11 is 0. The summed E-state index contributed by atoms with van der Waals surface area (Å²) in [6, 6.07) is 4.95. The van der Waals surface area contributed by atoms with Gasteiger partial charge in [0.1, 0.15) is 17.4 Å². The Morgan fingerprint density at radius 3 is 2.97 bits per heavy atom. The molecule has 9 nitrogen and oxygen atoms in total. The number of aromatic nitrogens is 4. The molecule has 0 unspecified atom stereocenters. The van der Waals surface area contributed by atoms with E-state index in [1.54, 1.807) is 18.2 Å². The molecule has 3 aromatic rings. The number of rotatable bonds is 5. The molecule has 2 N–H and O–H groups in total. The lowest BCUT2D eigenvalue weighted by Crippen LogP contribution is -2.33. The molecule has 1 amide bonds. The highest BCUT2D eigenvalue weighted by atomic mass is 16.5. The Labute approximate surface area is 171 Å². The number of carbonyl (C=O) groups is 1. The third-order valence-corrected chi connectivity index (χ3v) is 6.19. The van der Waals surface area contributed by atoms with Crippen molar-refractivity contribution < 1.29 is 14.3 Å². The Kier molecular flexibility index (Phi) is 3.76. The van der Waals surface area contributed by atoms with Gasteiger partial charge in [0.05, 0.1) is 18.2 Å². The Morgan fingerprint density at radius 2 is 2.27 bits per heavy atom. The van der Waals surface area contributed by atoms with E-state index in [1.807, 2.05) is 10.9 Å². The zero-order valence-electron chi connectivity index (χ0n) is 16.3. The Morgan fingerprint density at radius 1 is 1.37 bits per heavy atom. The summed E-state index contributed by atoms with van der Waals surface area (Å²) in [6.45, 7) is 0.654. The van der Waals surface area contributed by atoms with E-state index in [4.69, 9.17) is 14.6 Å². The summed E-state index contributed by atoms with van der Waals surface area (Å²) in [5.41, 5.74) is 0.525. The van der Waals surface area contributed by atoms with Crippen molar-refractivity contribution in [3.8, 4) is 5.88 Å². The average Bonchev–Trinajstić information content (AvgIpc) is 3.15. The molecule has 4 heterocycles. The van der Waals surface area contributed by atoms with Crippen molar-refractivity contribution in [3.63, 3.8) is 0 Å². The predicted molar refractivity (Wildman–Crippen MR) is 108 cm³/mol. The number of anilines is 1. The molecule has 30 heavy (non-hydrogen) atoms. The molecule has 1 saturated heterocycles. The number of hydrogen-bond donors (Lipinski definition) is 2. The maximum absolute atomic E-state index is 13.0. The van der Waals surface area contributed by atoms with Gasteiger partial charge in [0.25, 0.3) is 11.5 Å². The van der Waals surface area contributed by atoms with E-state index in [0.717, 1.165) is 37.5 Å². The van der Waals surface area contributed by atoms with E-state index < -0.39 is 5.91 Å². The molecule has 2 aliphatic carbocycles. The lowest BCUT2D eigenvalue weighted by Gasteiger charge is -2.25. The SMILES string of the molecule is O=C(Nc1ccc[nH]c1=O)c1cc2cn([C@@]34CC[C@@H](C3)OC4)nc2nc1OC1CC1. The topological polar surface area (TPSA) is 111 Å². The smallest absolute Gasteiger partial charge is 0.271 e. The number of fused-ring (bicyclic) bond motifs is 3. The number of carbonyl (C=O) groups excluding carboxylic acids is 1. The van der Waals surface area contributed by atoms with Gasteiger partial charge in [-0.25, -0.2) is 0 Å². The summed E-state index contributed by atoms with van der Waals surface area (Å²) < 4.78 is 13.7. The Balaban J connectivity index is 1.39. The van der Waals surface area contributed by atoms with Crippen LogP contribution in [0, 0.1) is 0 Å². The lowest BCUT2D eigenvalue weighted by molar-refractivity contribution is 0.0509. The highest BCUT2D eigenvalue weighted by molar-refractivity contribution is 6.07. The highest BCUT2D eigenvalue weighted by Crippen LogP contribution is 2.44. The van der Waals surface area contributed by atoms with Crippen LogP contribution < -0.4 is 15.6 Å². The molecule has 154 valence electrons. The van der Waals surface area contributed by atoms with Crippen molar-refractivity contribution in [3.05, 3.63) is 46.5 Å². The second-order valence-electron chi connectivity index (χ2n) is 8.41. The summed E-state index contributed by atoms with van der Waals surface area (Å²) in [7, 11) is 0. The van der Waals surface area contributed by atoms with E-state index in [1.165, 1.54) is 6.20 Å². The molecular formula is C21H21N5O4. The number of hydrogen-bond acceptors (Lipinski definition) is 6. The first-order valence-electron chi connectivity index (χ1n) is 10.3. The zero-order chi connectivity index (χ0) is 20.3. The minimum atomic E-state index is -0.437. The van der Waals surface area contributed by atoms with E-state index in [0.29, 0.717) is 23.9 Å². The molecule has 0 radical (unpaired) electrons. The molecule has 2 saturated carbocycles. The van der Waals surface area contributed by atoms with Crippen LogP contribution in [0.5, 0.6) is 5.88 Å². The summed E-state index contributed by atoms with van der Waals surface area (Å²) in [4.78, 5) is 32.1. The van der Waals surface area contributed by atoms with Crippen LogP contribution in [0.4, 0.5) is 5.69 Å². The third-order valence-electron chi connectivity index (χ3n) is 6.19. The van der Waals surface area contributed by atoms with Crippen LogP contribution in [0.1, 0.15) is 42.5 Å². The van der Waals surface area contributed by atoms with Crippen molar-refractivity contribution in [1.29, 1.82) is 0 Å². The fourth-order valence-electron chi connectivity index (χ4n) is 4.37. The molecule has 6 rings (SSSR count). The van der Waals surface area contributed by atoms with Gasteiger partial charge in [-0.15, -0.1) is 0 Å². The van der Waals surface area contributed by atoms with Gasteiger partial charge in [-0.2, -0.15) is 10.1 Å². The van der Waals surface area contributed by atoms with E-state index in [-0.39, 0.29) is 28.8 Å². The minimum Gasteiger partial charge on any atom is -0.474 e. The van der Waals surface area contributed by atoms with Crippen LogP contribution in [-0.2, 0) is 10.3 Å². The minimum absolute atomic E-state index is 0.0705. The summed E-state index contributed by atoms with van der Waals surface area (Å²) in [5, 5.41) is 8.13. The number of nitrogens with one attached hydrogen (secondary N) is 2. The maximum Gasteiger partial charge on any atom is 0.271 e. The van der Waals surface area contributed by atoms with Crippen molar-refractivity contribution >= 4 is 22.6 Å². The van der Waals surface area contributed by atoms with Gasteiger partial charge in [-0.3, -0.25) is 14.3 Å². The number of ether oxygens (including phenoxy) is 2. The van der Waals surface area contributed by atoms with Gasteiger partial charge < -0.3 is 19.8 Å². The first-order valence-corrected chi connectivity index (χ1v) is 10.3. The molecule has 2 bridgehead atoms. The second kappa shape index (κ2) is 6.40. The van der Waals surface area contributed by atoms with Gasteiger partial charge in [0.15, 0.2) is 5.65 Å². The van der Waals surface area contributed by atoms with E-state index >= 15 is 0 Å². The molecule has 3 aliphatic rings. The first-order chi connectivity index (χ1) is 14.6. The van der Waals surface area contributed by atoms with Crippen LogP contribution in [0.15, 0.2) is 35.4 Å². The largest absolute Gasteiger partial charge is 0.474 e. The van der Waals surface area contributed by atoms with Gasteiger partial charge >= 0.3 is 0 Å². The molecule has 3 aromatic heterocycles. The third kappa shape index (κ3) is 2.88. The quantitative estimate of drug-likeness (QED) is 0.671. The van der Waals surface area contributed by atoms with Crippen molar-refractivity contribution in [2.24, 2.45) is 0 Å². The standard InChI is InChI=1S/C21H21N5O4/c27-18(23-16-2-1-7-22-19(16)28)15-8-12-10-26(21-6-5-14(9-21)29-11-21)25-17(12)24-20(15)30-13-3-4-13/h1-2,7-8,10,13-14H,3-6,9,11H2,(H,22,28)(H,23,27)/t14-,21-/m0/s1. The van der Waals surface area contributed by atoms with Crippen LogP contribution >= 0.6 is 0 Å². The molecule has 9 heteroatoms. The average molecular weight is 407 g/mol. The fourth-order valence-corrected chi connectivity index (χ4v) is 4.37. The number of aromatic amines is 1. The maximum atomic E-state index is 13.0. The lowest BCUT2D eigenvalue weighted by atomic mass is 10.0. The second-order valence-corrected chi connectivity index (χ2v) is 8.41. The Bertz CT molecular complexity index is 1200. The van der Waals surface area contributed by atoms with E-state index in [2.05, 4.69) is 15.3 Å². The van der Waals surface area contributed by atoms with Gasteiger partial charge in [0, 0.05) is 24.2 Å². The zero-order valence-corrected chi connectivity index (χ0v) is 16.3. The van der Waals surface area contributed by atoms with Crippen LogP contribution in [0.25, 0.3) is 11.0 Å². The van der Waals surface area contributed by atoms with Gasteiger partial charge in [0.2, 0.25) is 5.88 Å². The van der Waals surface area contributed by atoms with Crippen LogP contribution in [0.2, 0.25) is 0 Å². The normalized spacial score (nSPS) is 25.0. The number of nitrogens with zero attached hydrogens (tertiary/aromatic N) is 3. The highest BCUT2D eigenvalue weighted by Gasteiger charge is 2.48. The molecule has 2 atom stereocenters. The van der Waals surface area contributed by atoms with Crippen molar-refractivity contribution in [1.82, 2.24) is 19.7 Å². The van der Waals surface area contributed by atoms with Crippen LogP contribution in [0.3, 0.4) is 0 Å². The van der Waals surface area contributed by atoms with Gasteiger partial charge in [-0.1, -0.05) is 0 Å². The Hall–Kier alpha value is -3.20. The number of H-pyrrole nitrogens is 1. The number of amides is 1. The van der Waals surface area contributed by atoms with Crippen LogP contribution in [-0.4, -0.2) is 44.5 Å². The van der Waals surface area contributed by atoms with Crippen molar-refractivity contribution in [2.75, 3.05) is 11.9 Å². The van der Waals surface area contributed by atoms with E-state index in [9.17, 15) is 9.59 Å². The fraction of sp³-hybridized carbons (Fsp3) is 0.429. The first kappa shape index (κ1) is 17.6. The summed E-state index contributed by atoms with van der Waals surface area (Å²) in [5.74, 6) is -0.183. The molecule has 3 fully saturated rings. The monoisotopic (exact) mass is 407 g/mol. The molecule has 0 aromatic carbocycles.